The summed E-state index contributed by atoms with van der Waals surface area (Å²) in [6.07, 6.45) is 3.16. The summed E-state index contributed by atoms with van der Waals surface area (Å²) >= 11 is 0. The molecular formula is C14H25N3O5S. The quantitative estimate of drug-likeness (QED) is 0.491. The maximum absolute atomic E-state index is 11.9. The standard InChI is InChI=1S/C14H25N3O5S/c1-2-22-14(19)15-7-5-3-4-6-8-17-12-10-23(20,21)9-11(12)16-13(17)18/h11-12H,2-10H2,1H3,(H,15,19)(H,16,18)/t11-,12-/m0/s1. The van der Waals surface area contributed by atoms with E-state index in [0.29, 0.717) is 19.7 Å². The second kappa shape index (κ2) is 7.85. The molecule has 0 aromatic carbocycles. The fraction of sp³-hybridized carbons (Fsp3) is 0.857. The zero-order valence-electron chi connectivity index (χ0n) is 13.4. The van der Waals surface area contributed by atoms with Crippen LogP contribution in [0.25, 0.3) is 0 Å². The van der Waals surface area contributed by atoms with Crippen LogP contribution in [0, 0.1) is 0 Å². The molecule has 0 aromatic rings. The van der Waals surface area contributed by atoms with E-state index in [9.17, 15) is 18.0 Å². The van der Waals surface area contributed by atoms with E-state index in [4.69, 9.17) is 4.74 Å². The lowest BCUT2D eigenvalue weighted by Crippen LogP contribution is -2.37. The van der Waals surface area contributed by atoms with Crippen LogP contribution >= 0.6 is 0 Å². The van der Waals surface area contributed by atoms with Crippen LogP contribution in [0.5, 0.6) is 0 Å². The summed E-state index contributed by atoms with van der Waals surface area (Å²) < 4.78 is 28.0. The van der Waals surface area contributed by atoms with Crippen LogP contribution in [0.2, 0.25) is 0 Å². The van der Waals surface area contributed by atoms with Gasteiger partial charge >= 0.3 is 12.1 Å². The third-order valence-corrected chi connectivity index (χ3v) is 5.88. The van der Waals surface area contributed by atoms with Crippen LogP contribution in [0.15, 0.2) is 0 Å². The largest absolute Gasteiger partial charge is 0.450 e. The number of hydrogen-bond donors (Lipinski definition) is 2. The van der Waals surface area contributed by atoms with Gasteiger partial charge in [0.05, 0.1) is 30.2 Å². The van der Waals surface area contributed by atoms with Crippen molar-refractivity contribution in [3.63, 3.8) is 0 Å². The van der Waals surface area contributed by atoms with Gasteiger partial charge in [0.2, 0.25) is 0 Å². The van der Waals surface area contributed by atoms with Crippen LogP contribution in [-0.2, 0) is 14.6 Å². The van der Waals surface area contributed by atoms with Gasteiger partial charge in [0.1, 0.15) is 0 Å². The Morgan fingerprint density at radius 2 is 2.04 bits per heavy atom. The molecule has 23 heavy (non-hydrogen) atoms. The van der Waals surface area contributed by atoms with Gasteiger partial charge in [-0.2, -0.15) is 0 Å². The molecular weight excluding hydrogens is 322 g/mol. The SMILES string of the molecule is CCOC(=O)NCCCCCCN1C(=O)N[C@H]2CS(=O)(=O)C[C@@H]21. The molecule has 2 rings (SSSR count). The van der Waals surface area contributed by atoms with Crippen molar-refractivity contribution in [3.05, 3.63) is 0 Å². The molecule has 0 unspecified atom stereocenters. The topological polar surface area (TPSA) is 105 Å². The molecule has 132 valence electrons. The van der Waals surface area contributed by atoms with Crippen molar-refractivity contribution in [1.82, 2.24) is 15.5 Å². The Bertz CT molecular complexity index is 537. The van der Waals surface area contributed by atoms with Gasteiger partial charge in [0, 0.05) is 13.1 Å². The highest BCUT2D eigenvalue weighted by atomic mass is 32.2. The molecule has 9 heteroatoms. The fourth-order valence-corrected chi connectivity index (χ4v) is 4.99. The predicted molar refractivity (Wildman–Crippen MR) is 85.0 cm³/mol. The van der Waals surface area contributed by atoms with Gasteiger partial charge in [-0.05, 0) is 19.8 Å². The molecule has 2 atom stereocenters. The zero-order valence-corrected chi connectivity index (χ0v) is 14.2. The minimum Gasteiger partial charge on any atom is -0.450 e. The molecule has 3 amide bonds. The molecule has 0 saturated carbocycles. The average Bonchev–Trinajstić information content (AvgIpc) is 2.89. The first kappa shape index (κ1) is 17.8. The highest BCUT2D eigenvalue weighted by molar-refractivity contribution is 7.91. The molecule has 0 spiro atoms. The molecule has 8 nitrogen and oxygen atoms in total. The van der Waals surface area contributed by atoms with Crippen LogP contribution < -0.4 is 10.6 Å². The Hall–Kier alpha value is -1.51. The van der Waals surface area contributed by atoms with Gasteiger partial charge in [-0.1, -0.05) is 12.8 Å². The number of nitrogens with zero attached hydrogens (tertiary/aromatic N) is 1. The van der Waals surface area contributed by atoms with Crippen LogP contribution in [0.4, 0.5) is 9.59 Å². The normalized spacial score (nSPS) is 25.1. The van der Waals surface area contributed by atoms with Gasteiger partial charge < -0.3 is 20.3 Å². The molecule has 2 aliphatic heterocycles. The lowest BCUT2D eigenvalue weighted by atomic mass is 10.1. The summed E-state index contributed by atoms with van der Waals surface area (Å²) in [5, 5.41) is 5.41. The molecule has 2 heterocycles. The van der Waals surface area contributed by atoms with Gasteiger partial charge in [-0.15, -0.1) is 0 Å². The fourth-order valence-electron chi connectivity index (χ4n) is 3.07. The van der Waals surface area contributed by atoms with E-state index in [0.717, 1.165) is 25.7 Å². The number of carbonyl (C=O) groups is 2. The third kappa shape index (κ3) is 4.98. The summed E-state index contributed by atoms with van der Waals surface area (Å²) in [5.41, 5.74) is 0. The second-order valence-electron chi connectivity index (χ2n) is 5.96. The minimum absolute atomic E-state index is 0.0550. The summed E-state index contributed by atoms with van der Waals surface area (Å²) in [5.74, 6) is 0.124. The molecule has 0 aromatic heterocycles. The number of sulfone groups is 1. The summed E-state index contributed by atoms with van der Waals surface area (Å²) in [6, 6.07) is -0.613. The number of unbranched alkanes of at least 4 members (excludes halogenated alkanes) is 3. The first-order chi connectivity index (χ1) is 10.9. The van der Waals surface area contributed by atoms with Crippen molar-refractivity contribution < 1.29 is 22.7 Å². The Labute approximate surface area is 136 Å². The third-order valence-electron chi connectivity index (χ3n) is 4.16. The number of alkyl carbamates (subject to hydrolysis) is 1. The first-order valence-electron chi connectivity index (χ1n) is 8.11. The Kier molecular flexibility index (Phi) is 6.09. The van der Waals surface area contributed by atoms with Gasteiger partial charge in [-0.3, -0.25) is 0 Å². The highest BCUT2D eigenvalue weighted by Crippen LogP contribution is 2.24. The van der Waals surface area contributed by atoms with Crippen molar-refractivity contribution in [3.8, 4) is 0 Å². The number of urea groups is 1. The monoisotopic (exact) mass is 347 g/mol. The minimum atomic E-state index is -3.03. The van der Waals surface area contributed by atoms with Crippen molar-refractivity contribution in [2.24, 2.45) is 0 Å². The number of hydrogen-bond acceptors (Lipinski definition) is 5. The first-order valence-corrected chi connectivity index (χ1v) is 9.93. The van der Waals surface area contributed by atoms with Crippen molar-refractivity contribution in [2.45, 2.75) is 44.7 Å². The highest BCUT2D eigenvalue weighted by Gasteiger charge is 2.48. The van der Waals surface area contributed by atoms with E-state index in [1.807, 2.05) is 0 Å². The van der Waals surface area contributed by atoms with E-state index in [1.165, 1.54) is 0 Å². The van der Waals surface area contributed by atoms with Gasteiger partial charge in [-0.25, -0.2) is 18.0 Å². The molecule has 0 radical (unpaired) electrons. The van der Waals surface area contributed by atoms with Crippen LogP contribution in [0.3, 0.4) is 0 Å². The predicted octanol–water partition coefficient (Wildman–Crippen LogP) is 0.484. The number of nitrogens with one attached hydrogen (secondary N) is 2. The number of carbonyl (C=O) groups excluding carboxylic acids is 2. The number of fused-ring (bicyclic) bond motifs is 1. The Morgan fingerprint density at radius 1 is 1.30 bits per heavy atom. The van der Waals surface area contributed by atoms with Crippen LogP contribution in [-0.4, -0.2) is 68.7 Å². The molecule has 0 aliphatic carbocycles. The smallest absolute Gasteiger partial charge is 0.407 e. The van der Waals surface area contributed by atoms with E-state index in [1.54, 1.807) is 11.8 Å². The lowest BCUT2D eigenvalue weighted by molar-refractivity contribution is 0.152. The number of rotatable bonds is 8. The lowest BCUT2D eigenvalue weighted by Gasteiger charge is -2.21. The molecule has 2 saturated heterocycles. The van der Waals surface area contributed by atoms with Crippen molar-refractivity contribution >= 4 is 22.0 Å². The van der Waals surface area contributed by atoms with Gasteiger partial charge in [0.15, 0.2) is 9.84 Å². The number of ether oxygens (including phenoxy) is 1. The zero-order chi connectivity index (χ0) is 16.9. The molecule has 0 bridgehead atoms. The summed E-state index contributed by atoms with van der Waals surface area (Å²) in [7, 11) is -3.03. The van der Waals surface area contributed by atoms with E-state index in [2.05, 4.69) is 10.6 Å². The van der Waals surface area contributed by atoms with E-state index < -0.39 is 15.9 Å². The average molecular weight is 347 g/mol. The second-order valence-corrected chi connectivity index (χ2v) is 8.11. The summed E-state index contributed by atoms with van der Waals surface area (Å²) in [4.78, 5) is 24.6. The van der Waals surface area contributed by atoms with Crippen molar-refractivity contribution in [1.29, 1.82) is 0 Å². The van der Waals surface area contributed by atoms with E-state index >= 15 is 0 Å². The molecule has 2 aliphatic rings. The maximum atomic E-state index is 11.9. The number of amides is 3. The molecule has 2 N–H and O–H groups in total. The Balaban J connectivity index is 1.59. The van der Waals surface area contributed by atoms with Crippen LogP contribution in [0.1, 0.15) is 32.6 Å². The van der Waals surface area contributed by atoms with E-state index in [-0.39, 0.29) is 29.6 Å². The van der Waals surface area contributed by atoms with Crippen molar-refractivity contribution in [2.75, 3.05) is 31.2 Å². The maximum Gasteiger partial charge on any atom is 0.407 e. The molecule has 2 fully saturated rings. The van der Waals surface area contributed by atoms with Gasteiger partial charge in [0.25, 0.3) is 0 Å². The Morgan fingerprint density at radius 3 is 2.78 bits per heavy atom. The summed E-state index contributed by atoms with van der Waals surface area (Å²) in [6.45, 7) is 3.27.